The van der Waals surface area contributed by atoms with Crippen molar-refractivity contribution in [2.24, 2.45) is 0 Å². The standard InChI is InChI=1S/C35H48FN7O3.CO2/c1-3-22-46-30-24-26(13-14-28(30)36)25-42(35(44)38-16-21-41-17-7-4-8-18-41)19-9-10-20-43-31(15-23-45-2)40-32-33(43)27-11-5-6-12-29(27)39-34(32)37;2-1-3/h5-6,11-14,24H,3-4,7-10,15-23,25H2,1-2H3,(H2,37,39)(H,38,44);. The predicted molar refractivity (Wildman–Crippen MR) is 186 cm³/mol. The lowest BCUT2D eigenvalue weighted by Gasteiger charge is -2.28. The summed E-state index contributed by atoms with van der Waals surface area (Å²) in [5.74, 6) is 1.15. The molecule has 1 aliphatic heterocycles. The fraction of sp³-hybridized carbons (Fsp3) is 0.500. The van der Waals surface area contributed by atoms with Crippen molar-refractivity contribution in [1.29, 1.82) is 0 Å². The molecule has 0 atom stereocenters. The molecule has 1 aliphatic rings. The number of ether oxygens (including phenoxy) is 2. The summed E-state index contributed by atoms with van der Waals surface area (Å²) in [4.78, 5) is 43.5. The van der Waals surface area contributed by atoms with E-state index in [4.69, 9.17) is 29.8 Å². The van der Waals surface area contributed by atoms with Gasteiger partial charge in [-0.2, -0.15) is 9.59 Å². The maximum Gasteiger partial charge on any atom is 0.373 e. The minimum Gasteiger partial charge on any atom is -0.491 e. The number of rotatable bonds is 16. The molecule has 4 aromatic rings. The van der Waals surface area contributed by atoms with Crippen molar-refractivity contribution in [3.63, 3.8) is 0 Å². The van der Waals surface area contributed by atoms with E-state index in [2.05, 4.69) is 25.8 Å². The number of aromatic nitrogens is 3. The van der Waals surface area contributed by atoms with Crippen LogP contribution in [0.4, 0.5) is 15.0 Å². The first-order valence-electron chi connectivity index (χ1n) is 17.1. The maximum absolute atomic E-state index is 14.4. The summed E-state index contributed by atoms with van der Waals surface area (Å²) < 4.78 is 27.6. The molecule has 0 unspecified atom stereocenters. The largest absolute Gasteiger partial charge is 0.491 e. The zero-order valence-electron chi connectivity index (χ0n) is 28.6. The summed E-state index contributed by atoms with van der Waals surface area (Å²) in [6, 6.07) is 12.7. The Morgan fingerprint density at radius 2 is 1.84 bits per heavy atom. The number of fused-ring (bicyclic) bond motifs is 3. The molecule has 1 saturated heterocycles. The summed E-state index contributed by atoms with van der Waals surface area (Å²) in [5.41, 5.74) is 9.71. The zero-order chi connectivity index (χ0) is 35.0. The number of nitrogen functional groups attached to an aromatic ring is 1. The molecule has 2 aromatic heterocycles. The molecule has 0 radical (unpaired) electrons. The first-order valence-corrected chi connectivity index (χ1v) is 17.1. The zero-order valence-corrected chi connectivity index (χ0v) is 28.6. The first-order chi connectivity index (χ1) is 23.9. The molecular weight excluding hydrogens is 629 g/mol. The number of benzene rings is 2. The summed E-state index contributed by atoms with van der Waals surface area (Å²) in [6.07, 6.45) is 6.97. The van der Waals surface area contributed by atoms with E-state index >= 15 is 0 Å². The van der Waals surface area contributed by atoms with Gasteiger partial charge in [0, 0.05) is 51.6 Å². The lowest BCUT2D eigenvalue weighted by atomic mass is 10.1. The van der Waals surface area contributed by atoms with Gasteiger partial charge in [-0.3, -0.25) is 0 Å². The van der Waals surface area contributed by atoms with Gasteiger partial charge in [0.25, 0.3) is 0 Å². The summed E-state index contributed by atoms with van der Waals surface area (Å²) in [6.45, 7) is 8.18. The molecule has 12 nitrogen and oxygen atoms in total. The highest BCUT2D eigenvalue weighted by Crippen LogP contribution is 2.29. The van der Waals surface area contributed by atoms with Gasteiger partial charge < -0.3 is 34.9 Å². The number of para-hydroxylation sites is 1. The van der Waals surface area contributed by atoms with Crippen LogP contribution in [0.15, 0.2) is 42.5 Å². The van der Waals surface area contributed by atoms with E-state index in [-0.39, 0.29) is 17.9 Å². The highest BCUT2D eigenvalue weighted by Gasteiger charge is 2.19. The summed E-state index contributed by atoms with van der Waals surface area (Å²) in [7, 11) is 1.69. The molecule has 0 saturated carbocycles. The Kier molecular flexibility index (Phi) is 14.8. The number of pyridine rings is 1. The Bertz CT molecular complexity index is 1690. The molecule has 5 rings (SSSR count). The van der Waals surface area contributed by atoms with Crippen LogP contribution in [-0.4, -0.2) is 89.6 Å². The van der Waals surface area contributed by atoms with Crippen molar-refractivity contribution < 1.29 is 28.2 Å². The van der Waals surface area contributed by atoms with Gasteiger partial charge in [-0.05, 0) is 69.0 Å². The number of piperidine rings is 1. The Hall–Kier alpha value is -4.58. The molecule has 3 heterocycles. The molecule has 0 aliphatic carbocycles. The number of amides is 2. The number of hydrogen-bond donors (Lipinski definition) is 2. The number of nitrogens with zero attached hydrogens (tertiary/aromatic N) is 5. The van der Waals surface area contributed by atoms with Crippen LogP contribution in [0.2, 0.25) is 0 Å². The number of nitrogens with two attached hydrogens (primary N) is 1. The third-order valence-corrected chi connectivity index (χ3v) is 8.55. The number of aryl methyl sites for hydroxylation is 1. The third-order valence-electron chi connectivity index (χ3n) is 8.55. The Labute approximate surface area is 286 Å². The molecule has 2 aromatic carbocycles. The first kappa shape index (κ1) is 37.2. The van der Waals surface area contributed by atoms with Crippen LogP contribution < -0.4 is 15.8 Å². The molecule has 0 bridgehead atoms. The second-order valence-corrected chi connectivity index (χ2v) is 12.1. The number of carbonyl (C=O) groups excluding carboxylic acids is 3. The van der Waals surface area contributed by atoms with Crippen molar-refractivity contribution in [2.45, 2.75) is 65.0 Å². The van der Waals surface area contributed by atoms with E-state index in [1.807, 2.05) is 30.0 Å². The monoisotopic (exact) mass is 677 g/mol. The Morgan fingerprint density at radius 1 is 1.06 bits per heavy atom. The molecule has 2 amide bonds. The van der Waals surface area contributed by atoms with Gasteiger partial charge in [0.15, 0.2) is 17.4 Å². The van der Waals surface area contributed by atoms with Gasteiger partial charge in [-0.15, -0.1) is 0 Å². The predicted octanol–water partition coefficient (Wildman–Crippen LogP) is 5.18. The van der Waals surface area contributed by atoms with Crippen LogP contribution >= 0.6 is 0 Å². The normalized spacial score (nSPS) is 13.1. The minimum absolute atomic E-state index is 0.115. The smallest absolute Gasteiger partial charge is 0.373 e. The topological polar surface area (TPSA) is 145 Å². The number of unbranched alkanes of at least 4 members (excludes halogenated alkanes) is 1. The third kappa shape index (κ3) is 10.5. The van der Waals surface area contributed by atoms with Crippen molar-refractivity contribution in [1.82, 2.24) is 29.7 Å². The van der Waals surface area contributed by atoms with Crippen LogP contribution in [0.5, 0.6) is 5.75 Å². The number of urea groups is 1. The van der Waals surface area contributed by atoms with E-state index in [0.717, 1.165) is 66.7 Å². The number of hydrogen-bond acceptors (Lipinski definition) is 9. The van der Waals surface area contributed by atoms with Gasteiger partial charge in [-0.25, -0.2) is 19.2 Å². The molecule has 13 heteroatoms. The van der Waals surface area contributed by atoms with Crippen molar-refractivity contribution >= 4 is 39.9 Å². The minimum atomic E-state index is -0.394. The van der Waals surface area contributed by atoms with Gasteiger partial charge >= 0.3 is 12.2 Å². The summed E-state index contributed by atoms with van der Waals surface area (Å²) >= 11 is 0. The van der Waals surface area contributed by atoms with Gasteiger partial charge in [0.1, 0.15) is 11.3 Å². The van der Waals surface area contributed by atoms with E-state index in [9.17, 15) is 9.18 Å². The van der Waals surface area contributed by atoms with E-state index < -0.39 is 5.82 Å². The Balaban J connectivity index is 0.00000174. The van der Waals surface area contributed by atoms with Crippen molar-refractivity contribution in [3.8, 4) is 5.75 Å². The van der Waals surface area contributed by atoms with E-state index in [1.54, 1.807) is 19.2 Å². The molecule has 49 heavy (non-hydrogen) atoms. The molecule has 1 fully saturated rings. The average Bonchev–Trinajstić information content (AvgIpc) is 3.48. The second-order valence-electron chi connectivity index (χ2n) is 12.1. The fourth-order valence-electron chi connectivity index (χ4n) is 6.16. The second kappa shape index (κ2) is 19.4. The maximum atomic E-state index is 14.4. The highest BCUT2D eigenvalue weighted by molar-refractivity contribution is 6.06. The van der Waals surface area contributed by atoms with E-state index in [0.29, 0.717) is 57.1 Å². The fourth-order valence-corrected chi connectivity index (χ4v) is 6.16. The molecule has 0 spiro atoms. The number of carbonyl (C=O) groups is 1. The lowest BCUT2D eigenvalue weighted by Crippen LogP contribution is -2.44. The number of anilines is 1. The van der Waals surface area contributed by atoms with Gasteiger partial charge in [0.05, 0.1) is 24.2 Å². The number of methoxy groups -OCH3 is 1. The number of nitrogens with one attached hydrogen (secondary N) is 1. The number of likely N-dealkylation sites (tertiary alicyclic amines) is 1. The number of halogens is 1. The van der Waals surface area contributed by atoms with Crippen LogP contribution in [0, 0.1) is 5.82 Å². The van der Waals surface area contributed by atoms with Crippen molar-refractivity contribution in [2.75, 3.05) is 58.8 Å². The van der Waals surface area contributed by atoms with Crippen LogP contribution in [0.25, 0.3) is 21.9 Å². The molecular formula is C36H48FN7O5. The SMILES string of the molecule is CCCOc1cc(CN(CCCCn2c(CCOC)nc3c(N)nc4ccccc4c32)C(=O)NCCN2CCCCC2)ccc1F.O=C=O. The van der Waals surface area contributed by atoms with Crippen LogP contribution in [-0.2, 0) is 33.8 Å². The highest BCUT2D eigenvalue weighted by atomic mass is 19.1. The van der Waals surface area contributed by atoms with Crippen molar-refractivity contribution in [3.05, 3.63) is 59.7 Å². The van der Waals surface area contributed by atoms with E-state index in [1.165, 1.54) is 25.3 Å². The van der Waals surface area contributed by atoms with Crippen LogP contribution in [0.3, 0.4) is 0 Å². The average molecular weight is 678 g/mol. The van der Waals surface area contributed by atoms with Gasteiger partial charge in [-0.1, -0.05) is 37.6 Å². The molecule has 3 N–H and O–H groups in total. The van der Waals surface area contributed by atoms with Gasteiger partial charge in [0.2, 0.25) is 0 Å². The Morgan fingerprint density at radius 3 is 2.59 bits per heavy atom. The molecule has 264 valence electrons. The van der Waals surface area contributed by atoms with Crippen LogP contribution in [0.1, 0.15) is 56.8 Å². The summed E-state index contributed by atoms with van der Waals surface area (Å²) in [5, 5.41) is 4.15. The lowest BCUT2D eigenvalue weighted by molar-refractivity contribution is -0.191. The number of imidazole rings is 1. The quantitative estimate of drug-likeness (QED) is 0.153.